The van der Waals surface area contributed by atoms with Gasteiger partial charge in [0, 0.05) is 5.69 Å². The van der Waals surface area contributed by atoms with Gasteiger partial charge in [-0.05, 0) is 49.2 Å². The van der Waals surface area contributed by atoms with Crippen molar-refractivity contribution < 1.29 is 4.79 Å². The number of nitrogens with one attached hydrogen (secondary N) is 2. The van der Waals surface area contributed by atoms with Gasteiger partial charge in [-0.15, -0.1) is 0 Å². The third-order valence-corrected chi connectivity index (χ3v) is 4.12. The fourth-order valence-electron chi connectivity index (χ4n) is 2.22. The summed E-state index contributed by atoms with van der Waals surface area (Å²) in [6.07, 6.45) is 2.92. The summed E-state index contributed by atoms with van der Waals surface area (Å²) in [5.41, 5.74) is 3.98. The maximum atomic E-state index is 12.3. The quantitative estimate of drug-likeness (QED) is 0.711. The van der Waals surface area contributed by atoms with Crippen LogP contribution in [0.4, 0.5) is 17.2 Å². The molecule has 126 valence electrons. The third kappa shape index (κ3) is 4.14. The number of aromatic nitrogens is 2. The van der Waals surface area contributed by atoms with E-state index in [1.807, 2.05) is 50.2 Å². The largest absolute Gasteiger partial charge is 0.338 e. The lowest BCUT2D eigenvalue weighted by molar-refractivity contribution is 0.102. The molecule has 25 heavy (non-hydrogen) atoms. The Morgan fingerprint density at radius 2 is 1.80 bits per heavy atom. The number of aryl methyl sites for hydroxylation is 2. The van der Waals surface area contributed by atoms with E-state index in [0.29, 0.717) is 10.8 Å². The van der Waals surface area contributed by atoms with Crippen molar-refractivity contribution in [1.82, 2.24) is 9.97 Å². The zero-order valence-corrected chi connectivity index (χ0v) is 14.6. The van der Waals surface area contributed by atoms with Gasteiger partial charge in [0.05, 0.1) is 23.1 Å². The molecule has 5 nitrogen and oxygen atoms in total. The highest BCUT2D eigenvalue weighted by Gasteiger charge is 2.09. The number of para-hydroxylation sites is 1. The Morgan fingerprint density at radius 1 is 1.00 bits per heavy atom. The predicted octanol–water partition coefficient (Wildman–Crippen LogP) is 4.74. The highest BCUT2D eigenvalue weighted by atomic mass is 35.5. The lowest BCUT2D eigenvalue weighted by Crippen LogP contribution is -2.14. The molecule has 0 bridgehead atoms. The molecule has 0 aliphatic heterocycles. The molecule has 1 aromatic heterocycles. The summed E-state index contributed by atoms with van der Waals surface area (Å²) in [6, 6.07) is 13.1. The summed E-state index contributed by atoms with van der Waals surface area (Å²) in [4.78, 5) is 20.7. The molecule has 0 atom stereocenters. The molecule has 0 radical (unpaired) electrons. The van der Waals surface area contributed by atoms with Gasteiger partial charge in [-0.3, -0.25) is 4.79 Å². The Kier molecular flexibility index (Phi) is 4.95. The van der Waals surface area contributed by atoms with E-state index in [-0.39, 0.29) is 11.6 Å². The van der Waals surface area contributed by atoms with Crippen molar-refractivity contribution in [2.45, 2.75) is 13.8 Å². The number of benzene rings is 2. The van der Waals surface area contributed by atoms with Crippen LogP contribution in [0.25, 0.3) is 0 Å². The number of nitrogens with zero attached hydrogens (tertiary/aromatic N) is 2. The number of carbonyl (C=O) groups excluding carboxylic acids is 1. The number of rotatable bonds is 4. The highest BCUT2D eigenvalue weighted by molar-refractivity contribution is 6.33. The van der Waals surface area contributed by atoms with E-state index in [1.165, 1.54) is 18.0 Å². The molecule has 0 saturated heterocycles. The van der Waals surface area contributed by atoms with E-state index in [0.717, 1.165) is 16.9 Å². The minimum atomic E-state index is -0.306. The van der Waals surface area contributed by atoms with Crippen LogP contribution in [0, 0.1) is 13.8 Å². The summed E-state index contributed by atoms with van der Waals surface area (Å²) in [5, 5.41) is 6.47. The van der Waals surface area contributed by atoms with Crippen molar-refractivity contribution in [2.24, 2.45) is 0 Å². The Labute approximate surface area is 151 Å². The molecular weight excluding hydrogens is 336 g/mol. The normalized spacial score (nSPS) is 10.4. The predicted molar refractivity (Wildman–Crippen MR) is 101 cm³/mol. The van der Waals surface area contributed by atoms with E-state index < -0.39 is 0 Å². The van der Waals surface area contributed by atoms with Gasteiger partial charge in [-0.25, -0.2) is 9.97 Å². The first kappa shape index (κ1) is 16.9. The van der Waals surface area contributed by atoms with Crippen molar-refractivity contribution in [3.8, 4) is 0 Å². The van der Waals surface area contributed by atoms with Gasteiger partial charge in [0.2, 0.25) is 0 Å². The molecule has 1 heterocycles. The van der Waals surface area contributed by atoms with Crippen molar-refractivity contribution in [3.63, 3.8) is 0 Å². The van der Waals surface area contributed by atoms with Crippen LogP contribution in [0.2, 0.25) is 5.02 Å². The van der Waals surface area contributed by atoms with E-state index in [1.54, 1.807) is 6.07 Å². The second-order valence-corrected chi connectivity index (χ2v) is 6.05. The van der Waals surface area contributed by atoms with Gasteiger partial charge in [0.15, 0.2) is 0 Å². The molecular formula is C19H17ClN4O. The number of hydrogen-bond acceptors (Lipinski definition) is 4. The van der Waals surface area contributed by atoms with Crippen LogP contribution >= 0.6 is 11.6 Å². The smallest absolute Gasteiger partial charge is 0.275 e. The minimum Gasteiger partial charge on any atom is -0.338 e. The summed E-state index contributed by atoms with van der Waals surface area (Å²) >= 11 is 6.10. The van der Waals surface area contributed by atoms with E-state index in [4.69, 9.17) is 11.6 Å². The molecule has 3 rings (SSSR count). The van der Waals surface area contributed by atoms with Crippen molar-refractivity contribution in [2.75, 3.05) is 10.6 Å². The Hall–Kier alpha value is -2.92. The van der Waals surface area contributed by atoms with Crippen molar-refractivity contribution in [1.29, 1.82) is 0 Å². The summed E-state index contributed by atoms with van der Waals surface area (Å²) < 4.78 is 0. The zero-order chi connectivity index (χ0) is 17.8. The Balaban J connectivity index is 1.70. The van der Waals surface area contributed by atoms with Crippen LogP contribution < -0.4 is 10.6 Å². The molecule has 1 amide bonds. The zero-order valence-electron chi connectivity index (χ0n) is 13.9. The van der Waals surface area contributed by atoms with E-state index in [9.17, 15) is 4.79 Å². The van der Waals surface area contributed by atoms with Crippen LogP contribution in [0.15, 0.2) is 54.9 Å². The van der Waals surface area contributed by atoms with Gasteiger partial charge >= 0.3 is 0 Å². The lowest BCUT2D eigenvalue weighted by atomic mass is 10.1. The van der Waals surface area contributed by atoms with Gasteiger partial charge < -0.3 is 10.6 Å². The molecule has 2 aromatic carbocycles. The maximum absolute atomic E-state index is 12.3. The maximum Gasteiger partial charge on any atom is 0.275 e. The summed E-state index contributed by atoms with van der Waals surface area (Å²) in [6.45, 7) is 4.02. The molecule has 0 saturated carbocycles. The number of amides is 1. The van der Waals surface area contributed by atoms with E-state index in [2.05, 4.69) is 20.6 Å². The number of halogens is 1. The number of carbonyl (C=O) groups is 1. The second-order valence-electron chi connectivity index (χ2n) is 5.64. The Morgan fingerprint density at radius 3 is 2.48 bits per heavy atom. The van der Waals surface area contributed by atoms with Gasteiger partial charge in [0.1, 0.15) is 11.5 Å². The monoisotopic (exact) mass is 352 g/mol. The standard InChI is InChI=1S/C19H17ClN4O/c1-12-7-8-14(9-13(12)2)23-19(25)17-10-22-18(11-21-17)24-16-6-4-3-5-15(16)20/h3-11H,1-2H3,(H,22,24)(H,23,25). The van der Waals surface area contributed by atoms with Crippen molar-refractivity contribution >= 4 is 34.7 Å². The van der Waals surface area contributed by atoms with Crippen molar-refractivity contribution in [3.05, 3.63) is 76.7 Å². The molecule has 6 heteroatoms. The SMILES string of the molecule is Cc1ccc(NC(=O)c2cnc(Nc3ccccc3Cl)cn2)cc1C. The van der Waals surface area contributed by atoms with Gasteiger partial charge in [-0.2, -0.15) is 0 Å². The average Bonchev–Trinajstić information content (AvgIpc) is 2.61. The van der Waals surface area contributed by atoms with E-state index >= 15 is 0 Å². The van der Waals surface area contributed by atoms with Crippen LogP contribution in [0.1, 0.15) is 21.6 Å². The summed E-state index contributed by atoms with van der Waals surface area (Å²) in [7, 11) is 0. The van der Waals surface area contributed by atoms with Crippen LogP contribution in [0.5, 0.6) is 0 Å². The lowest BCUT2D eigenvalue weighted by Gasteiger charge is -2.09. The van der Waals surface area contributed by atoms with Crippen LogP contribution in [-0.4, -0.2) is 15.9 Å². The molecule has 0 unspecified atom stereocenters. The fraction of sp³-hybridized carbons (Fsp3) is 0.105. The molecule has 0 aliphatic rings. The first-order valence-electron chi connectivity index (χ1n) is 7.75. The van der Waals surface area contributed by atoms with Crippen LogP contribution in [0.3, 0.4) is 0 Å². The fourth-order valence-corrected chi connectivity index (χ4v) is 2.41. The third-order valence-electron chi connectivity index (χ3n) is 3.79. The number of hydrogen-bond donors (Lipinski definition) is 2. The average molecular weight is 353 g/mol. The van der Waals surface area contributed by atoms with Gasteiger partial charge in [0.25, 0.3) is 5.91 Å². The molecule has 0 aliphatic carbocycles. The topological polar surface area (TPSA) is 66.9 Å². The first-order chi connectivity index (χ1) is 12.0. The van der Waals surface area contributed by atoms with Gasteiger partial charge in [-0.1, -0.05) is 29.8 Å². The second kappa shape index (κ2) is 7.32. The molecule has 0 fully saturated rings. The summed E-state index contributed by atoms with van der Waals surface area (Å²) in [5.74, 6) is 0.205. The highest BCUT2D eigenvalue weighted by Crippen LogP contribution is 2.23. The first-order valence-corrected chi connectivity index (χ1v) is 8.13. The molecule has 2 N–H and O–H groups in total. The van der Waals surface area contributed by atoms with Crippen LogP contribution in [-0.2, 0) is 0 Å². The minimum absolute atomic E-state index is 0.239. The number of anilines is 3. The molecule has 3 aromatic rings. The Bertz CT molecular complexity index is 910. The molecule has 0 spiro atoms.